The number of rotatable bonds is 2. The fourth-order valence-corrected chi connectivity index (χ4v) is 2.56. The third kappa shape index (κ3) is 3.17. The molecule has 2 fully saturated rings. The Kier molecular flexibility index (Phi) is 5.73. The number of fused-ring (bicyclic) bond motifs is 1. The molecule has 0 aromatic heterocycles. The van der Waals surface area contributed by atoms with E-state index < -0.39 is 0 Å². The normalized spacial score (nSPS) is 33.8. The number of ether oxygens (including phenoxy) is 1. The maximum Gasteiger partial charge on any atom is 0.290 e. The Morgan fingerprint density at radius 1 is 1.50 bits per heavy atom. The fourth-order valence-electron chi connectivity index (χ4n) is 2.56. The van der Waals surface area contributed by atoms with E-state index in [4.69, 9.17) is 20.4 Å². The largest absolute Gasteiger partial charge is 0.483 e. The van der Waals surface area contributed by atoms with Crippen molar-refractivity contribution in [3.05, 3.63) is 0 Å². The summed E-state index contributed by atoms with van der Waals surface area (Å²) in [6.45, 7) is 4.96. The van der Waals surface area contributed by atoms with E-state index in [0.29, 0.717) is 18.9 Å². The Morgan fingerprint density at radius 2 is 2.19 bits per heavy atom. The molecule has 16 heavy (non-hydrogen) atoms. The summed E-state index contributed by atoms with van der Waals surface area (Å²) in [4.78, 5) is 10.8. The van der Waals surface area contributed by atoms with Crippen molar-refractivity contribution < 1.29 is 14.6 Å². The van der Waals surface area contributed by atoms with E-state index in [1.165, 1.54) is 19.4 Å². The monoisotopic (exact) mass is 230 g/mol. The minimum atomic E-state index is -0.250. The van der Waals surface area contributed by atoms with E-state index in [1.54, 1.807) is 0 Å². The quantitative estimate of drug-likeness (QED) is 0.675. The van der Waals surface area contributed by atoms with E-state index in [9.17, 15) is 0 Å². The van der Waals surface area contributed by atoms with Gasteiger partial charge in [-0.15, -0.1) is 0 Å². The third-order valence-corrected chi connectivity index (χ3v) is 3.41. The molecule has 2 saturated heterocycles. The minimum absolute atomic E-state index is 0.250. The number of nitrogens with two attached hydrogens (primary N) is 1. The number of carbonyl (C=O) groups is 1. The number of nitrogens with zero attached hydrogens (tertiary/aromatic N) is 1. The van der Waals surface area contributed by atoms with Gasteiger partial charge in [0.15, 0.2) is 0 Å². The van der Waals surface area contributed by atoms with Crippen LogP contribution in [0.15, 0.2) is 0 Å². The average Bonchev–Trinajstić information content (AvgIpc) is 2.71. The molecule has 3 unspecified atom stereocenters. The average molecular weight is 230 g/mol. The first-order valence-electron chi connectivity index (χ1n) is 5.94. The van der Waals surface area contributed by atoms with Gasteiger partial charge in [0.1, 0.15) is 6.23 Å². The van der Waals surface area contributed by atoms with E-state index in [0.717, 1.165) is 18.9 Å². The molecule has 3 atom stereocenters. The Labute approximate surface area is 96.6 Å². The number of hydrogen-bond acceptors (Lipinski definition) is 4. The van der Waals surface area contributed by atoms with Gasteiger partial charge in [-0.3, -0.25) is 9.69 Å². The van der Waals surface area contributed by atoms with Crippen LogP contribution < -0.4 is 5.73 Å². The highest BCUT2D eigenvalue weighted by atomic mass is 16.5. The van der Waals surface area contributed by atoms with Gasteiger partial charge < -0.3 is 15.6 Å². The summed E-state index contributed by atoms with van der Waals surface area (Å²) in [5, 5.41) is 6.89. The lowest BCUT2D eigenvalue weighted by molar-refractivity contribution is -0.125. The fraction of sp³-hybridized carbons (Fsp3) is 0.909. The summed E-state index contributed by atoms with van der Waals surface area (Å²) >= 11 is 0. The highest BCUT2D eigenvalue weighted by Gasteiger charge is 2.38. The second kappa shape index (κ2) is 6.83. The van der Waals surface area contributed by atoms with Crippen molar-refractivity contribution in [3.8, 4) is 0 Å². The summed E-state index contributed by atoms with van der Waals surface area (Å²) in [7, 11) is 0. The summed E-state index contributed by atoms with van der Waals surface area (Å²) in [5.41, 5.74) is 5.63. The molecule has 3 N–H and O–H groups in total. The van der Waals surface area contributed by atoms with Gasteiger partial charge in [0, 0.05) is 19.0 Å². The van der Waals surface area contributed by atoms with Gasteiger partial charge in [-0.1, -0.05) is 6.92 Å². The van der Waals surface area contributed by atoms with Crippen LogP contribution in [0.5, 0.6) is 0 Å². The van der Waals surface area contributed by atoms with Crippen molar-refractivity contribution in [2.45, 2.75) is 38.5 Å². The lowest BCUT2D eigenvalue weighted by Crippen LogP contribution is -2.43. The van der Waals surface area contributed by atoms with Gasteiger partial charge in [-0.25, -0.2) is 0 Å². The molecule has 2 aliphatic rings. The second-order valence-electron chi connectivity index (χ2n) is 4.24. The van der Waals surface area contributed by atoms with E-state index in [2.05, 4.69) is 11.8 Å². The third-order valence-electron chi connectivity index (χ3n) is 3.41. The van der Waals surface area contributed by atoms with Crippen LogP contribution in [-0.4, -0.2) is 48.4 Å². The SMILES string of the molecule is CCN1CCC2CCC(CN)OC21.O=CO. The van der Waals surface area contributed by atoms with E-state index in [1.807, 2.05) is 0 Å². The van der Waals surface area contributed by atoms with Crippen LogP contribution in [0.25, 0.3) is 0 Å². The van der Waals surface area contributed by atoms with Crippen LogP contribution in [0.2, 0.25) is 0 Å². The molecule has 5 nitrogen and oxygen atoms in total. The van der Waals surface area contributed by atoms with Gasteiger partial charge in [0.2, 0.25) is 0 Å². The van der Waals surface area contributed by atoms with Gasteiger partial charge in [0.25, 0.3) is 6.47 Å². The second-order valence-corrected chi connectivity index (χ2v) is 4.24. The molecular formula is C11H22N2O3. The van der Waals surface area contributed by atoms with Crippen LogP contribution in [0, 0.1) is 5.92 Å². The zero-order valence-corrected chi connectivity index (χ0v) is 9.84. The molecule has 0 saturated carbocycles. The highest BCUT2D eigenvalue weighted by Crippen LogP contribution is 2.34. The molecule has 0 radical (unpaired) electrons. The molecular weight excluding hydrogens is 208 g/mol. The first-order chi connectivity index (χ1) is 7.76. The van der Waals surface area contributed by atoms with Crippen molar-refractivity contribution in [1.82, 2.24) is 4.90 Å². The molecule has 0 spiro atoms. The van der Waals surface area contributed by atoms with Gasteiger partial charge in [-0.05, 0) is 25.8 Å². The van der Waals surface area contributed by atoms with Crippen LogP contribution in [0.1, 0.15) is 26.2 Å². The van der Waals surface area contributed by atoms with Crippen molar-refractivity contribution >= 4 is 6.47 Å². The summed E-state index contributed by atoms with van der Waals surface area (Å²) in [5.74, 6) is 0.780. The Morgan fingerprint density at radius 3 is 2.75 bits per heavy atom. The minimum Gasteiger partial charge on any atom is -0.483 e. The lowest BCUT2D eigenvalue weighted by atomic mass is 9.95. The lowest BCUT2D eigenvalue weighted by Gasteiger charge is -2.35. The standard InChI is InChI=1S/C10H20N2O.CH2O2/c1-2-12-6-5-8-3-4-9(7-11)13-10(8)12;2-1-3/h8-10H,2-7,11H2,1H3;1H,(H,2,3). The number of hydrogen-bond donors (Lipinski definition) is 2. The van der Waals surface area contributed by atoms with Crippen molar-refractivity contribution in [2.24, 2.45) is 11.7 Å². The molecule has 94 valence electrons. The van der Waals surface area contributed by atoms with Gasteiger partial charge in [0.05, 0.1) is 6.10 Å². The van der Waals surface area contributed by atoms with Crippen LogP contribution in [0.4, 0.5) is 0 Å². The molecule has 0 bridgehead atoms. The zero-order chi connectivity index (χ0) is 12.0. The van der Waals surface area contributed by atoms with Crippen molar-refractivity contribution in [2.75, 3.05) is 19.6 Å². The molecule has 0 aromatic rings. The van der Waals surface area contributed by atoms with Crippen LogP contribution in [-0.2, 0) is 9.53 Å². The smallest absolute Gasteiger partial charge is 0.290 e. The van der Waals surface area contributed by atoms with Gasteiger partial charge in [-0.2, -0.15) is 0 Å². The van der Waals surface area contributed by atoms with E-state index in [-0.39, 0.29) is 6.47 Å². The highest BCUT2D eigenvalue weighted by molar-refractivity contribution is 5.32. The Balaban J connectivity index is 0.000000386. The zero-order valence-electron chi connectivity index (χ0n) is 9.84. The molecule has 5 heteroatoms. The Hall–Kier alpha value is -0.650. The Bertz CT molecular complexity index is 207. The van der Waals surface area contributed by atoms with Crippen LogP contribution in [0.3, 0.4) is 0 Å². The molecule has 2 rings (SSSR count). The van der Waals surface area contributed by atoms with E-state index >= 15 is 0 Å². The topological polar surface area (TPSA) is 75.8 Å². The number of likely N-dealkylation sites (tertiary alicyclic amines) is 1. The van der Waals surface area contributed by atoms with Crippen LogP contribution >= 0.6 is 0 Å². The predicted octanol–water partition coefficient (Wildman–Crippen LogP) is 0.493. The number of carboxylic acid groups (broad SMARTS) is 1. The predicted molar refractivity (Wildman–Crippen MR) is 61.0 cm³/mol. The summed E-state index contributed by atoms with van der Waals surface area (Å²) in [6.07, 6.45) is 4.48. The molecule has 2 aliphatic heterocycles. The molecule has 2 heterocycles. The van der Waals surface area contributed by atoms with Crippen molar-refractivity contribution in [3.63, 3.8) is 0 Å². The first-order valence-corrected chi connectivity index (χ1v) is 5.94. The molecule has 0 aliphatic carbocycles. The summed E-state index contributed by atoms with van der Waals surface area (Å²) in [6, 6.07) is 0. The maximum atomic E-state index is 8.36. The van der Waals surface area contributed by atoms with Crippen molar-refractivity contribution in [1.29, 1.82) is 0 Å². The maximum absolute atomic E-state index is 8.36. The van der Waals surface area contributed by atoms with Gasteiger partial charge >= 0.3 is 0 Å². The molecule has 0 amide bonds. The summed E-state index contributed by atoms with van der Waals surface area (Å²) < 4.78 is 5.96. The first kappa shape index (κ1) is 13.4. The molecule has 0 aromatic carbocycles.